The van der Waals surface area contributed by atoms with Crippen molar-refractivity contribution in [2.75, 3.05) is 0 Å². The molecule has 0 unspecified atom stereocenters. The van der Waals surface area contributed by atoms with Gasteiger partial charge in [0.15, 0.2) is 0 Å². The largest absolute Gasteiger partial charge is 0.337 e. The van der Waals surface area contributed by atoms with Crippen LogP contribution >= 0.6 is 0 Å². The molecule has 0 spiro atoms. The van der Waals surface area contributed by atoms with Crippen LogP contribution in [0.1, 0.15) is 76.3 Å². The fourth-order valence-electron chi connectivity index (χ4n) is 11.8. The highest BCUT2D eigenvalue weighted by atomic mass is 15.1. The molecule has 11 aromatic rings. The van der Waals surface area contributed by atoms with Crippen molar-refractivity contribution in [3.63, 3.8) is 0 Å². The summed E-state index contributed by atoms with van der Waals surface area (Å²) in [6.45, 7) is 0. The first-order valence-corrected chi connectivity index (χ1v) is 21.8. The van der Waals surface area contributed by atoms with Crippen molar-refractivity contribution in [3.8, 4) is 11.4 Å². The van der Waals surface area contributed by atoms with E-state index < -0.39 is 0 Å². The first-order valence-electron chi connectivity index (χ1n) is 21.8. The molecule has 2 saturated carbocycles. The maximum Gasteiger partial charge on any atom is 0.0785 e. The average molecular weight is 751 g/mol. The number of fused-ring (bicyclic) bond motifs is 13. The van der Waals surface area contributed by atoms with E-state index in [1.54, 1.807) is 0 Å². The molecular weight excluding hydrogens is 705 g/mol. The molecule has 7 aromatic carbocycles. The number of aromatic nitrogens is 4. The lowest BCUT2D eigenvalue weighted by Crippen LogP contribution is -2.13. The lowest BCUT2D eigenvalue weighted by molar-refractivity contribution is 0.367. The summed E-state index contributed by atoms with van der Waals surface area (Å²) in [7, 11) is 0. The van der Waals surface area contributed by atoms with Gasteiger partial charge in [0.25, 0.3) is 0 Å². The number of para-hydroxylation sites is 4. The van der Waals surface area contributed by atoms with Gasteiger partial charge in [0, 0.05) is 77.6 Å². The Kier molecular flexibility index (Phi) is 7.13. The highest BCUT2D eigenvalue weighted by Crippen LogP contribution is 2.45. The second-order valence-electron chi connectivity index (χ2n) is 17.3. The Balaban J connectivity index is 1.10. The normalized spacial score (nSPS) is 16.1. The molecule has 0 radical (unpaired) electrons. The minimum absolute atomic E-state index is 0.498. The van der Waals surface area contributed by atoms with E-state index in [9.17, 15) is 0 Å². The lowest BCUT2D eigenvalue weighted by atomic mass is 9.95. The molecular formula is C54H46N4. The van der Waals surface area contributed by atoms with Gasteiger partial charge in [-0.3, -0.25) is 0 Å². The molecule has 2 aliphatic carbocycles. The van der Waals surface area contributed by atoms with Gasteiger partial charge < -0.3 is 18.3 Å². The van der Waals surface area contributed by atoms with Gasteiger partial charge in [-0.1, -0.05) is 130 Å². The molecule has 0 saturated heterocycles. The first-order chi connectivity index (χ1) is 28.8. The van der Waals surface area contributed by atoms with Crippen LogP contribution in [-0.4, -0.2) is 18.3 Å². The molecule has 0 N–H and O–H groups in total. The highest BCUT2D eigenvalue weighted by molar-refractivity contribution is 6.23. The number of hydrogen-bond acceptors (Lipinski definition) is 0. The molecule has 0 atom stereocenters. The molecule has 4 heterocycles. The standard InChI is InChI=1S/C54H46N4/c1-3-16-35(17-4-1)55-47-26-11-9-24-41(47)45-34-52-46(33-51(45)55)42-25-10-12-27-48(42)56(52)37-20-15-21-38(32-37)58-50-29-14-8-23-40(50)44-31-30-43-39-22-7-13-28-49(39)57(53(43)54(44)58)36-18-5-2-6-19-36/h7-15,20-36H,1-6,16-19H2. The summed E-state index contributed by atoms with van der Waals surface area (Å²) in [4.78, 5) is 0. The fraction of sp³-hybridized carbons (Fsp3) is 0.222. The van der Waals surface area contributed by atoms with Crippen molar-refractivity contribution >= 4 is 87.2 Å². The van der Waals surface area contributed by atoms with Crippen LogP contribution in [0.5, 0.6) is 0 Å². The van der Waals surface area contributed by atoms with Gasteiger partial charge in [0.1, 0.15) is 0 Å². The second kappa shape index (κ2) is 12.6. The van der Waals surface area contributed by atoms with Gasteiger partial charge in [0.2, 0.25) is 0 Å². The third-order valence-corrected chi connectivity index (χ3v) is 14.2. The smallest absolute Gasteiger partial charge is 0.0785 e. The SMILES string of the molecule is c1cc(-n2c3ccccc3c3cc4c(cc32)c2ccccc2n4C2CCCCC2)cc(-n2c3ccccc3c3ccc4c5ccccc5n(C5CCCCC5)c4c32)c1. The first kappa shape index (κ1) is 32.8. The van der Waals surface area contributed by atoms with E-state index in [0.717, 1.165) is 0 Å². The van der Waals surface area contributed by atoms with Crippen molar-refractivity contribution in [3.05, 3.63) is 146 Å². The van der Waals surface area contributed by atoms with Crippen LogP contribution in [0.4, 0.5) is 0 Å². The Bertz CT molecular complexity index is 3430. The maximum absolute atomic E-state index is 2.74. The third-order valence-electron chi connectivity index (χ3n) is 14.2. The molecule has 2 aliphatic rings. The summed E-state index contributed by atoms with van der Waals surface area (Å²) in [6.07, 6.45) is 12.9. The Labute approximate surface area is 337 Å². The topological polar surface area (TPSA) is 19.7 Å². The lowest BCUT2D eigenvalue weighted by Gasteiger charge is -2.26. The molecule has 282 valence electrons. The Morgan fingerprint density at radius 2 is 0.741 bits per heavy atom. The Hall–Kier alpha value is -6.26. The van der Waals surface area contributed by atoms with Gasteiger partial charge >= 0.3 is 0 Å². The Morgan fingerprint density at radius 3 is 1.40 bits per heavy atom. The van der Waals surface area contributed by atoms with E-state index in [1.807, 2.05) is 0 Å². The number of benzene rings is 7. The molecule has 13 rings (SSSR count). The van der Waals surface area contributed by atoms with Gasteiger partial charge in [-0.15, -0.1) is 0 Å². The number of hydrogen-bond donors (Lipinski definition) is 0. The van der Waals surface area contributed by atoms with Gasteiger partial charge in [0.05, 0.1) is 33.1 Å². The Morgan fingerprint density at radius 1 is 0.293 bits per heavy atom. The van der Waals surface area contributed by atoms with Gasteiger partial charge in [-0.25, -0.2) is 0 Å². The number of nitrogens with zero attached hydrogens (tertiary/aromatic N) is 4. The molecule has 0 amide bonds. The molecule has 2 fully saturated rings. The molecule has 0 aliphatic heterocycles. The zero-order valence-corrected chi connectivity index (χ0v) is 32.9. The second-order valence-corrected chi connectivity index (χ2v) is 17.3. The molecule has 4 heteroatoms. The van der Waals surface area contributed by atoms with E-state index in [2.05, 4.69) is 164 Å². The molecule has 58 heavy (non-hydrogen) atoms. The highest BCUT2D eigenvalue weighted by Gasteiger charge is 2.26. The predicted octanol–water partition coefficient (Wildman–Crippen LogP) is 15.1. The van der Waals surface area contributed by atoms with Crippen LogP contribution in [0.15, 0.2) is 146 Å². The summed E-state index contributed by atoms with van der Waals surface area (Å²) in [5.41, 5.74) is 12.9. The fourth-order valence-corrected chi connectivity index (χ4v) is 11.8. The van der Waals surface area contributed by atoms with Crippen LogP contribution < -0.4 is 0 Å². The summed E-state index contributed by atoms with van der Waals surface area (Å²) >= 11 is 0. The van der Waals surface area contributed by atoms with E-state index in [4.69, 9.17) is 0 Å². The molecule has 4 aromatic heterocycles. The quantitative estimate of drug-likeness (QED) is 0.171. The van der Waals surface area contributed by atoms with Crippen molar-refractivity contribution in [1.82, 2.24) is 18.3 Å². The van der Waals surface area contributed by atoms with E-state index >= 15 is 0 Å². The van der Waals surface area contributed by atoms with Crippen LogP contribution in [-0.2, 0) is 0 Å². The third kappa shape index (κ3) is 4.57. The van der Waals surface area contributed by atoms with E-state index in [0.29, 0.717) is 12.1 Å². The predicted molar refractivity (Wildman–Crippen MR) is 245 cm³/mol. The van der Waals surface area contributed by atoms with Gasteiger partial charge in [-0.05, 0) is 80.3 Å². The minimum atomic E-state index is 0.498. The molecule has 0 bridgehead atoms. The van der Waals surface area contributed by atoms with E-state index in [-0.39, 0.29) is 0 Å². The van der Waals surface area contributed by atoms with Crippen LogP contribution in [0.25, 0.3) is 98.6 Å². The maximum atomic E-state index is 2.74. The van der Waals surface area contributed by atoms with Crippen molar-refractivity contribution in [2.45, 2.75) is 76.3 Å². The summed E-state index contributed by atoms with van der Waals surface area (Å²) in [6, 6.07) is 56.6. The van der Waals surface area contributed by atoms with Crippen LogP contribution in [0.3, 0.4) is 0 Å². The van der Waals surface area contributed by atoms with Crippen LogP contribution in [0.2, 0.25) is 0 Å². The summed E-state index contributed by atoms with van der Waals surface area (Å²) in [5, 5.41) is 10.7. The van der Waals surface area contributed by atoms with Crippen molar-refractivity contribution < 1.29 is 0 Å². The minimum Gasteiger partial charge on any atom is -0.337 e. The van der Waals surface area contributed by atoms with Crippen molar-refractivity contribution in [2.24, 2.45) is 0 Å². The molecule has 4 nitrogen and oxygen atoms in total. The van der Waals surface area contributed by atoms with Gasteiger partial charge in [-0.2, -0.15) is 0 Å². The van der Waals surface area contributed by atoms with E-state index in [1.165, 1.54) is 163 Å². The monoisotopic (exact) mass is 750 g/mol. The average Bonchev–Trinajstić information content (AvgIpc) is 4.01. The zero-order valence-electron chi connectivity index (χ0n) is 32.9. The number of rotatable bonds is 4. The summed E-state index contributed by atoms with van der Waals surface area (Å²) < 4.78 is 10.6. The van der Waals surface area contributed by atoms with Crippen molar-refractivity contribution in [1.29, 1.82) is 0 Å². The summed E-state index contributed by atoms with van der Waals surface area (Å²) in [5.74, 6) is 0. The van der Waals surface area contributed by atoms with Crippen LogP contribution in [0, 0.1) is 0 Å². The zero-order chi connectivity index (χ0) is 37.9.